The molecule has 21 heavy (non-hydrogen) atoms. The van der Waals surface area contributed by atoms with Gasteiger partial charge in [0.05, 0.1) is 5.56 Å². The fourth-order valence-corrected chi connectivity index (χ4v) is 2.67. The molecule has 0 saturated carbocycles. The van der Waals surface area contributed by atoms with Crippen molar-refractivity contribution in [1.82, 2.24) is 0 Å². The third kappa shape index (κ3) is 4.08. The minimum atomic E-state index is -0.0379. The number of unbranched alkanes of at least 4 members (excludes halogenated alkanes) is 1. The predicted molar refractivity (Wildman–Crippen MR) is 92.2 cm³/mol. The molecule has 0 atom stereocenters. The normalized spacial score (nSPS) is 10.4. The van der Waals surface area contributed by atoms with Crippen LogP contribution < -0.4 is 4.90 Å². The first kappa shape index (κ1) is 16.1. The topological polar surface area (TPSA) is 20.3 Å². The van der Waals surface area contributed by atoms with Gasteiger partial charge in [0, 0.05) is 21.7 Å². The standard InChI is InChI=1S/C17H17BrClNO/c1-2-3-11-20(14-7-5-4-6-8-14)17(21)15-12-13(19)9-10-16(15)18/h4-10,12H,2-3,11H2,1H3. The quantitative estimate of drug-likeness (QED) is 0.679. The molecule has 0 spiro atoms. The second-order valence-electron chi connectivity index (χ2n) is 4.77. The van der Waals surface area contributed by atoms with Crippen molar-refractivity contribution in [2.24, 2.45) is 0 Å². The molecule has 0 aromatic heterocycles. The second kappa shape index (κ2) is 7.62. The molecule has 0 bridgehead atoms. The van der Waals surface area contributed by atoms with E-state index in [0.29, 0.717) is 17.1 Å². The Hall–Kier alpha value is -1.32. The lowest BCUT2D eigenvalue weighted by molar-refractivity contribution is 0.0986. The maximum atomic E-state index is 12.9. The van der Waals surface area contributed by atoms with E-state index < -0.39 is 0 Å². The molecule has 0 saturated heterocycles. The van der Waals surface area contributed by atoms with Gasteiger partial charge >= 0.3 is 0 Å². The summed E-state index contributed by atoms with van der Waals surface area (Å²) in [6.07, 6.45) is 1.99. The molecular weight excluding hydrogens is 350 g/mol. The number of carbonyl (C=O) groups excluding carboxylic acids is 1. The summed E-state index contributed by atoms with van der Waals surface area (Å²) in [5, 5.41) is 0.560. The zero-order valence-electron chi connectivity index (χ0n) is 11.9. The molecule has 2 nitrogen and oxygen atoms in total. The lowest BCUT2D eigenvalue weighted by atomic mass is 10.1. The summed E-state index contributed by atoms with van der Waals surface area (Å²) in [5.74, 6) is -0.0379. The average molecular weight is 367 g/mol. The molecule has 0 N–H and O–H groups in total. The first-order valence-corrected chi connectivity index (χ1v) is 8.12. The van der Waals surface area contributed by atoms with E-state index in [9.17, 15) is 4.79 Å². The van der Waals surface area contributed by atoms with Crippen LogP contribution >= 0.6 is 27.5 Å². The highest BCUT2D eigenvalue weighted by Crippen LogP contribution is 2.25. The molecule has 0 radical (unpaired) electrons. The van der Waals surface area contributed by atoms with Gasteiger partial charge in [-0.25, -0.2) is 0 Å². The molecule has 0 fully saturated rings. The number of hydrogen-bond donors (Lipinski definition) is 0. The van der Waals surface area contributed by atoms with Crippen LogP contribution in [0.5, 0.6) is 0 Å². The summed E-state index contributed by atoms with van der Waals surface area (Å²) in [6.45, 7) is 2.81. The lowest BCUT2D eigenvalue weighted by Crippen LogP contribution is -2.32. The van der Waals surface area contributed by atoms with E-state index in [1.54, 1.807) is 23.1 Å². The molecule has 2 rings (SSSR count). The third-order valence-corrected chi connectivity index (χ3v) is 4.13. The number of nitrogens with zero attached hydrogens (tertiary/aromatic N) is 1. The summed E-state index contributed by atoms with van der Waals surface area (Å²) in [6, 6.07) is 15.0. The Balaban J connectivity index is 2.36. The highest BCUT2D eigenvalue weighted by Gasteiger charge is 2.19. The van der Waals surface area contributed by atoms with Gasteiger partial charge in [0.1, 0.15) is 0 Å². The summed E-state index contributed by atoms with van der Waals surface area (Å²) >= 11 is 9.46. The first-order valence-electron chi connectivity index (χ1n) is 6.95. The second-order valence-corrected chi connectivity index (χ2v) is 6.06. The Bertz CT molecular complexity index is 615. The number of carbonyl (C=O) groups is 1. The monoisotopic (exact) mass is 365 g/mol. The van der Waals surface area contributed by atoms with Gasteiger partial charge in [0.2, 0.25) is 0 Å². The van der Waals surface area contributed by atoms with Crippen LogP contribution in [0.3, 0.4) is 0 Å². The summed E-state index contributed by atoms with van der Waals surface area (Å²) in [4.78, 5) is 14.7. The van der Waals surface area contributed by atoms with Crippen molar-refractivity contribution in [3.05, 3.63) is 63.6 Å². The van der Waals surface area contributed by atoms with Crippen LogP contribution in [0.4, 0.5) is 5.69 Å². The van der Waals surface area contributed by atoms with Gasteiger partial charge in [0.15, 0.2) is 0 Å². The van der Waals surface area contributed by atoms with Gasteiger partial charge in [-0.1, -0.05) is 43.1 Å². The van der Waals surface area contributed by atoms with Crippen molar-refractivity contribution >= 4 is 39.1 Å². The van der Waals surface area contributed by atoms with Crippen LogP contribution in [0.1, 0.15) is 30.1 Å². The maximum absolute atomic E-state index is 12.9. The zero-order valence-corrected chi connectivity index (χ0v) is 14.2. The molecule has 0 aliphatic rings. The Kier molecular flexibility index (Phi) is 5.83. The Morgan fingerprint density at radius 3 is 2.57 bits per heavy atom. The van der Waals surface area contributed by atoms with E-state index in [4.69, 9.17) is 11.6 Å². The molecule has 0 heterocycles. The number of para-hydroxylation sites is 1. The van der Waals surface area contributed by atoms with Gasteiger partial charge in [-0.3, -0.25) is 4.79 Å². The molecule has 1 amide bonds. The smallest absolute Gasteiger partial charge is 0.259 e. The van der Waals surface area contributed by atoms with E-state index in [1.807, 2.05) is 30.3 Å². The van der Waals surface area contributed by atoms with Gasteiger partial charge in [-0.15, -0.1) is 0 Å². The fourth-order valence-electron chi connectivity index (χ4n) is 2.08. The third-order valence-electron chi connectivity index (χ3n) is 3.21. The van der Waals surface area contributed by atoms with Crippen LogP contribution in [0.15, 0.2) is 53.0 Å². The number of rotatable bonds is 5. The Morgan fingerprint density at radius 2 is 1.90 bits per heavy atom. The van der Waals surface area contributed by atoms with Crippen LogP contribution in [-0.2, 0) is 0 Å². The van der Waals surface area contributed by atoms with E-state index in [1.165, 1.54) is 0 Å². The molecule has 2 aromatic carbocycles. The van der Waals surface area contributed by atoms with Gasteiger partial charge < -0.3 is 4.90 Å². The minimum Gasteiger partial charge on any atom is -0.308 e. The number of halogens is 2. The minimum absolute atomic E-state index is 0.0379. The fraction of sp³-hybridized carbons (Fsp3) is 0.235. The summed E-state index contributed by atoms with van der Waals surface area (Å²) in [5.41, 5.74) is 1.49. The van der Waals surface area contributed by atoms with Crippen molar-refractivity contribution in [3.63, 3.8) is 0 Å². The molecule has 0 aliphatic carbocycles. The predicted octanol–water partition coefficient (Wildman–Crippen LogP) is 5.55. The van der Waals surface area contributed by atoms with Crippen molar-refractivity contribution in [2.45, 2.75) is 19.8 Å². The largest absolute Gasteiger partial charge is 0.308 e. The molecule has 2 aromatic rings. The summed E-state index contributed by atoms with van der Waals surface area (Å²) < 4.78 is 0.759. The van der Waals surface area contributed by atoms with E-state index in [2.05, 4.69) is 22.9 Å². The van der Waals surface area contributed by atoms with Crippen molar-refractivity contribution in [3.8, 4) is 0 Å². The van der Waals surface area contributed by atoms with Crippen molar-refractivity contribution < 1.29 is 4.79 Å². The van der Waals surface area contributed by atoms with Crippen LogP contribution in [0.2, 0.25) is 5.02 Å². The molecule has 0 aliphatic heterocycles. The first-order chi connectivity index (χ1) is 10.1. The van der Waals surface area contributed by atoms with Gasteiger partial charge in [0.25, 0.3) is 5.91 Å². The number of hydrogen-bond acceptors (Lipinski definition) is 1. The van der Waals surface area contributed by atoms with E-state index in [-0.39, 0.29) is 5.91 Å². The van der Waals surface area contributed by atoms with Gasteiger partial charge in [-0.05, 0) is 52.7 Å². The molecular formula is C17H17BrClNO. The van der Waals surface area contributed by atoms with Crippen LogP contribution in [0, 0.1) is 0 Å². The summed E-state index contributed by atoms with van der Waals surface area (Å²) in [7, 11) is 0. The highest BCUT2D eigenvalue weighted by molar-refractivity contribution is 9.10. The highest BCUT2D eigenvalue weighted by atomic mass is 79.9. The molecule has 110 valence electrons. The lowest BCUT2D eigenvalue weighted by Gasteiger charge is -2.23. The number of benzene rings is 2. The van der Waals surface area contributed by atoms with Crippen molar-refractivity contribution in [1.29, 1.82) is 0 Å². The number of amides is 1. The average Bonchev–Trinajstić information content (AvgIpc) is 2.51. The Morgan fingerprint density at radius 1 is 1.19 bits per heavy atom. The number of anilines is 1. The molecule has 0 unspecified atom stereocenters. The maximum Gasteiger partial charge on any atom is 0.259 e. The zero-order chi connectivity index (χ0) is 15.2. The Labute approximate surface area is 138 Å². The van der Waals surface area contributed by atoms with E-state index in [0.717, 1.165) is 23.0 Å². The van der Waals surface area contributed by atoms with Crippen molar-refractivity contribution in [2.75, 3.05) is 11.4 Å². The van der Waals surface area contributed by atoms with Gasteiger partial charge in [-0.2, -0.15) is 0 Å². The van der Waals surface area contributed by atoms with Crippen LogP contribution in [0.25, 0.3) is 0 Å². The SMILES string of the molecule is CCCCN(C(=O)c1cc(Cl)ccc1Br)c1ccccc1. The van der Waals surface area contributed by atoms with E-state index >= 15 is 0 Å². The van der Waals surface area contributed by atoms with Crippen LogP contribution in [-0.4, -0.2) is 12.5 Å². The molecule has 4 heteroatoms.